The predicted octanol–water partition coefficient (Wildman–Crippen LogP) is 5.14. The minimum absolute atomic E-state index is 0.0294. The van der Waals surface area contributed by atoms with E-state index in [1.165, 1.54) is 17.0 Å². The SMILES string of the molecule is CCCCCC1CN(CC(=O)N(C)c2ccc(C(=O)O)cc2)C(=O)c2cc(-c3ccc(Cl)cc3)nn21. The minimum atomic E-state index is -1.03. The summed E-state index contributed by atoms with van der Waals surface area (Å²) in [4.78, 5) is 40.6. The molecule has 9 heteroatoms. The van der Waals surface area contributed by atoms with Crippen LogP contribution in [0, 0.1) is 0 Å². The maximum atomic E-state index is 13.4. The second kappa shape index (κ2) is 11.0. The molecular weight excluding hydrogens is 480 g/mol. The Morgan fingerprint density at radius 2 is 1.81 bits per heavy atom. The van der Waals surface area contributed by atoms with Gasteiger partial charge in [-0.25, -0.2) is 4.79 Å². The van der Waals surface area contributed by atoms with E-state index in [4.69, 9.17) is 21.8 Å². The molecule has 0 bridgehead atoms. The Bertz CT molecular complexity index is 1250. The summed E-state index contributed by atoms with van der Waals surface area (Å²) >= 11 is 6.03. The fourth-order valence-electron chi connectivity index (χ4n) is 4.39. The van der Waals surface area contributed by atoms with Crippen LogP contribution in [-0.2, 0) is 4.79 Å². The van der Waals surface area contributed by atoms with Crippen molar-refractivity contribution in [1.82, 2.24) is 14.7 Å². The molecule has 0 saturated heterocycles. The summed E-state index contributed by atoms with van der Waals surface area (Å²) in [6.07, 6.45) is 4.02. The number of carbonyl (C=O) groups is 3. The fourth-order valence-corrected chi connectivity index (χ4v) is 4.52. The van der Waals surface area contributed by atoms with Gasteiger partial charge < -0.3 is 14.9 Å². The molecule has 36 heavy (non-hydrogen) atoms. The van der Waals surface area contributed by atoms with Crippen molar-refractivity contribution in [2.24, 2.45) is 0 Å². The largest absolute Gasteiger partial charge is 0.478 e. The summed E-state index contributed by atoms with van der Waals surface area (Å²) in [5.74, 6) is -1.53. The van der Waals surface area contributed by atoms with Gasteiger partial charge in [-0.3, -0.25) is 14.3 Å². The quantitative estimate of drug-likeness (QED) is 0.404. The topological polar surface area (TPSA) is 95.7 Å². The highest BCUT2D eigenvalue weighted by atomic mass is 35.5. The van der Waals surface area contributed by atoms with Gasteiger partial charge in [0.25, 0.3) is 5.91 Å². The lowest BCUT2D eigenvalue weighted by Gasteiger charge is -2.34. The van der Waals surface area contributed by atoms with E-state index in [-0.39, 0.29) is 30.0 Å². The fraction of sp³-hybridized carbons (Fsp3) is 0.333. The van der Waals surface area contributed by atoms with Crippen LogP contribution >= 0.6 is 11.6 Å². The van der Waals surface area contributed by atoms with Gasteiger partial charge in [-0.2, -0.15) is 5.10 Å². The number of hydrogen-bond donors (Lipinski definition) is 1. The van der Waals surface area contributed by atoms with Crippen LogP contribution in [0.4, 0.5) is 5.69 Å². The van der Waals surface area contributed by atoms with Gasteiger partial charge in [-0.1, -0.05) is 49.9 Å². The third-order valence-corrected chi connectivity index (χ3v) is 6.75. The first-order valence-corrected chi connectivity index (χ1v) is 12.4. The third kappa shape index (κ3) is 5.44. The number of carboxylic acid groups (broad SMARTS) is 1. The van der Waals surface area contributed by atoms with E-state index in [1.807, 2.05) is 16.8 Å². The number of amides is 2. The Kier molecular flexibility index (Phi) is 7.74. The monoisotopic (exact) mass is 508 g/mol. The number of anilines is 1. The molecule has 0 fully saturated rings. The number of rotatable bonds is 9. The molecule has 2 amide bonds. The Hall–Kier alpha value is -3.65. The zero-order chi connectivity index (χ0) is 25.8. The summed E-state index contributed by atoms with van der Waals surface area (Å²) in [6, 6.07) is 15.2. The van der Waals surface area contributed by atoms with Crippen LogP contribution in [0.5, 0.6) is 0 Å². The molecule has 2 aromatic carbocycles. The summed E-state index contributed by atoms with van der Waals surface area (Å²) in [5, 5.41) is 14.5. The lowest BCUT2D eigenvalue weighted by molar-refractivity contribution is -0.119. The number of aromatic carboxylic acids is 1. The summed E-state index contributed by atoms with van der Waals surface area (Å²) in [7, 11) is 1.62. The number of carbonyl (C=O) groups excluding carboxylic acids is 2. The third-order valence-electron chi connectivity index (χ3n) is 6.50. The van der Waals surface area contributed by atoms with E-state index in [1.54, 1.807) is 42.3 Å². The van der Waals surface area contributed by atoms with E-state index in [9.17, 15) is 14.4 Å². The van der Waals surface area contributed by atoms with Gasteiger partial charge >= 0.3 is 5.97 Å². The van der Waals surface area contributed by atoms with E-state index in [0.717, 1.165) is 31.2 Å². The highest BCUT2D eigenvalue weighted by Gasteiger charge is 2.34. The smallest absolute Gasteiger partial charge is 0.335 e. The van der Waals surface area contributed by atoms with Gasteiger partial charge in [0.1, 0.15) is 12.2 Å². The molecule has 0 spiro atoms. The van der Waals surface area contributed by atoms with E-state index in [2.05, 4.69) is 6.92 Å². The number of aromatic nitrogens is 2. The van der Waals surface area contributed by atoms with Crippen LogP contribution in [0.25, 0.3) is 11.3 Å². The minimum Gasteiger partial charge on any atom is -0.478 e. The molecular formula is C27H29ClN4O4. The second-order valence-corrected chi connectivity index (χ2v) is 9.44. The van der Waals surface area contributed by atoms with Crippen LogP contribution < -0.4 is 4.90 Å². The van der Waals surface area contributed by atoms with Gasteiger partial charge in [0.2, 0.25) is 5.91 Å². The first kappa shape index (κ1) is 25.4. The highest BCUT2D eigenvalue weighted by Crippen LogP contribution is 2.30. The molecule has 188 valence electrons. The number of unbranched alkanes of at least 4 members (excludes halogenated alkanes) is 2. The van der Waals surface area contributed by atoms with E-state index >= 15 is 0 Å². The first-order valence-electron chi connectivity index (χ1n) is 12.0. The molecule has 1 aliphatic heterocycles. The molecule has 1 unspecified atom stereocenters. The van der Waals surface area contributed by atoms with Crippen LogP contribution in [0.3, 0.4) is 0 Å². The van der Waals surface area contributed by atoms with Crippen molar-refractivity contribution in [2.75, 3.05) is 25.0 Å². The van der Waals surface area contributed by atoms with Gasteiger partial charge in [-0.05, 0) is 48.9 Å². The van der Waals surface area contributed by atoms with E-state index < -0.39 is 5.97 Å². The first-order chi connectivity index (χ1) is 17.3. The molecule has 0 radical (unpaired) electrons. The number of halogens is 1. The molecule has 4 rings (SSSR count). The average molecular weight is 509 g/mol. The zero-order valence-electron chi connectivity index (χ0n) is 20.4. The summed E-state index contributed by atoms with van der Waals surface area (Å²) in [6.45, 7) is 2.46. The predicted molar refractivity (Wildman–Crippen MR) is 139 cm³/mol. The molecule has 1 aromatic heterocycles. The van der Waals surface area contributed by atoms with Crippen LogP contribution in [-0.4, -0.2) is 57.7 Å². The maximum absolute atomic E-state index is 13.4. The molecule has 0 aliphatic carbocycles. The standard InChI is InChI=1S/C27H29ClN4O4/c1-3-4-5-6-22-16-31(17-25(33)30(2)21-13-9-19(10-14-21)27(35)36)26(34)24-15-23(29-32(22)24)18-7-11-20(28)12-8-18/h7-15,22H,3-6,16-17H2,1-2H3,(H,35,36). The molecule has 3 aromatic rings. The zero-order valence-corrected chi connectivity index (χ0v) is 21.1. The number of benzene rings is 2. The van der Waals surface area contributed by atoms with Gasteiger partial charge in [0.15, 0.2) is 0 Å². The van der Waals surface area contributed by atoms with Crippen molar-refractivity contribution in [1.29, 1.82) is 0 Å². The molecule has 2 heterocycles. The highest BCUT2D eigenvalue weighted by molar-refractivity contribution is 6.30. The lowest BCUT2D eigenvalue weighted by atomic mass is 10.0. The van der Waals surface area contributed by atoms with Crippen LogP contribution in [0.15, 0.2) is 54.6 Å². The summed E-state index contributed by atoms with van der Waals surface area (Å²) in [5.41, 5.74) is 2.73. The van der Waals surface area contributed by atoms with Crippen molar-refractivity contribution < 1.29 is 19.5 Å². The lowest BCUT2D eigenvalue weighted by Crippen LogP contribution is -2.48. The molecule has 0 saturated carbocycles. The molecule has 1 atom stereocenters. The average Bonchev–Trinajstić information content (AvgIpc) is 3.33. The number of likely N-dealkylation sites (N-methyl/N-ethyl adjacent to an activating group) is 1. The van der Waals surface area contributed by atoms with Crippen LogP contribution in [0.2, 0.25) is 5.02 Å². The number of hydrogen-bond acceptors (Lipinski definition) is 4. The summed E-state index contributed by atoms with van der Waals surface area (Å²) < 4.78 is 1.82. The Balaban J connectivity index is 1.56. The normalized spacial score (nSPS) is 15.0. The molecule has 1 N–H and O–H groups in total. The van der Waals surface area contributed by atoms with Crippen molar-refractivity contribution in [2.45, 2.75) is 38.6 Å². The van der Waals surface area contributed by atoms with Crippen molar-refractivity contribution in [3.63, 3.8) is 0 Å². The Morgan fingerprint density at radius 1 is 1.11 bits per heavy atom. The Labute approximate surface area is 215 Å². The number of fused-ring (bicyclic) bond motifs is 1. The molecule has 1 aliphatic rings. The van der Waals surface area contributed by atoms with Crippen molar-refractivity contribution in [3.05, 3.63) is 70.9 Å². The number of nitrogens with zero attached hydrogens (tertiary/aromatic N) is 4. The van der Waals surface area contributed by atoms with Crippen LogP contribution in [0.1, 0.15) is 59.5 Å². The maximum Gasteiger partial charge on any atom is 0.335 e. The molecule has 8 nitrogen and oxygen atoms in total. The van der Waals surface area contributed by atoms with Crippen molar-refractivity contribution >= 4 is 35.1 Å². The number of carboxylic acids is 1. The van der Waals surface area contributed by atoms with E-state index in [0.29, 0.717) is 28.6 Å². The second-order valence-electron chi connectivity index (χ2n) is 9.01. The van der Waals surface area contributed by atoms with Crippen molar-refractivity contribution in [3.8, 4) is 11.3 Å². The van der Waals surface area contributed by atoms with Gasteiger partial charge in [-0.15, -0.1) is 0 Å². The van der Waals surface area contributed by atoms with Gasteiger partial charge in [0, 0.05) is 29.9 Å². The van der Waals surface area contributed by atoms with Gasteiger partial charge in [0.05, 0.1) is 17.3 Å². The Morgan fingerprint density at radius 3 is 2.44 bits per heavy atom.